The van der Waals surface area contributed by atoms with Crippen molar-refractivity contribution in [3.8, 4) is 5.75 Å². The number of hydrogen-bond donors (Lipinski definition) is 2. The smallest absolute Gasteiger partial charge is 0.354 e. The van der Waals surface area contributed by atoms with Crippen molar-refractivity contribution in [2.45, 2.75) is 26.4 Å². The summed E-state index contributed by atoms with van der Waals surface area (Å²) < 4.78 is 10.2. The van der Waals surface area contributed by atoms with E-state index >= 15 is 0 Å². The highest BCUT2D eigenvalue weighted by Crippen LogP contribution is 2.42. The lowest BCUT2D eigenvalue weighted by Gasteiger charge is -2.25. The Balaban J connectivity index is 1.92. The molecule has 0 unspecified atom stereocenters. The van der Waals surface area contributed by atoms with Crippen molar-refractivity contribution < 1.29 is 29.0 Å². The number of aryl methyl sites for hydroxylation is 1. The number of pyridine rings is 1. The first-order valence-electron chi connectivity index (χ1n) is 10.9. The number of aliphatic hydroxyl groups excluding tert-OH is 1. The molecule has 2 N–H and O–H groups in total. The molecule has 3 heterocycles. The fourth-order valence-corrected chi connectivity index (χ4v) is 4.44. The standard InChI is InChI=1S/C26H25N3O6/c1-14-19(15(2)28-21(14)26(33)35-4)23(30)20-22(17-8-5-9-18(11-17)34-3)29(25(32)24(20)31)13-16-7-6-10-27-12-16/h5-12,22,28,30H,13H2,1-4H3/b23-20+/t22-/m1/s1. The molecule has 2 aromatic heterocycles. The van der Waals surface area contributed by atoms with Crippen molar-refractivity contribution in [1.29, 1.82) is 0 Å². The van der Waals surface area contributed by atoms with Crippen LogP contribution in [0.4, 0.5) is 0 Å². The van der Waals surface area contributed by atoms with Crippen LogP contribution in [0.5, 0.6) is 5.75 Å². The van der Waals surface area contributed by atoms with E-state index in [9.17, 15) is 19.5 Å². The molecule has 0 saturated carbocycles. The van der Waals surface area contributed by atoms with E-state index in [1.54, 1.807) is 62.6 Å². The fraction of sp³-hybridized carbons (Fsp3) is 0.231. The van der Waals surface area contributed by atoms with Crippen molar-refractivity contribution in [2.24, 2.45) is 0 Å². The third-order valence-electron chi connectivity index (χ3n) is 6.09. The van der Waals surface area contributed by atoms with Crippen LogP contribution in [0.15, 0.2) is 54.4 Å². The van der Waals surface area contributed by atoms with E-state index in [0.717, 1.165) is 5.56 Å². The molecule has 0 spiro atoms. The minimum atomic E-state index is -0.888. The van der Waals surface area contributed by atoms with E-state index in [0.29, 0.717) is 22.6 Å². The summed E-state index contributed by atoms with van der Waals surface area (Å²) in [4.78, 5) is 47.1. The minimum Gasteiger partial charge on any atom is -0.507 e. The number of carbonyl (C=O) groups excluding carboxylic acids is 3. The number of carbonyl (C=O) groups is 3. The second-order valence-electron chi connectivity index (χ2n) is 8.18. The fourth-order valence-electron chi connectivity index (χ4n) is 4.44. The molecular formula is C26H25N3O6. The molecule has 4 rings (SSSR count). The maximum atomic E-state index is 13.3. The first-order valence-corrected chi connectivity index (χ1v) is 10.9. The van der Waals surface area contributed by atoms with E-state index in [1.165, 1.54) is 19.1 Å². The molecule has 180 valence electrons. The minimum absolute atomic E-state index is 0.0752. The Morgan fingerprint density at radius 1 is 1.17 bits per heavy atom. The number of aromatic nitrogens is 2. The van der Waals surface area contributed by atoms with Crippen LogP contribution in [0, 0.1) is 13.8 Å². The number of esters is 1. The van der Waals surface area contributed by atoms with Gasteiger partial charge in [0.15, 0.2) is 0 Å². The summed E-state index contributed by atoms with van der Waals surface area (Å²) in [5, 5.41) is 11.4. The highest BCUT2D eigenvalue weighted by atomic mass is 16.5. The number of likely N-dealkylation sites (tertiary alicyclic amines) is 1. The van der Waals surface area contributed by atoms with Crippen molar-refractivity contribution >= 4 is 23.4 Å². The number of nitrogens with zero attached hydrogens (tertiary/aromatic N) is 2. The predicted octanol–water partition coefficient (Wildman–Crippen LogP) is 3.44. The average Bonchev–Trinajstić information content (AvgIpc) is 3.31. The van der Waals surface area contributed by atoms with Gasteiger partial charge < -0.3 is 24.5 Å². The van der Waals surface area contributed by atoms with Gasteiger partial charge >= 0.3 is 5.97 Å². The zero-order valence-electron chi connectivity index (χ0n) is 19.8. The lowest BCUT2D eigenvalue weighted by molar-refractivity contribution is -0.140. The molecule has 1 fully saturated rings. The number of hydrogen-bond acceptors (Lipinski definition) is 7. The molecule has 1 saturated heterocycles. The quantitative estimate of drug-likeness (QED) is 0.242. The van der Waals surface area contributed by atoms with Gasteiger partial charge in [-0.1, -0.05) is 18.2 Å². The largest absolute Gasteiger partial charge is 0.507 e. The average molecular weight is 476 g/mol. The number of Topliss-reactive ketones (excluding diaryl/α,β-unsaturated/α-hetero) is 1. The molecule has 1 aliphatic heterocycles. The number of H-pyrrole nitrogens is 1. The molecule has 1 aliphatic rings. The molecule has 9 heteroatoms. The Bertz CT molecular complexity index is 1340. The second kappa shape index (κ2) is 9.46. The maximum Gasteiger partial charge on any atom is 0.354 e. The molecule has 1 atom stereocenters. The summed E-state index contributed by atoms with van der Waals surface area (Å²) in [5.74, 6) is -2.00. The Kier molecular flexibility index (Phi) is 6.42. The summed E-state index contributed by atoms with van der Waals surface area (Å²) >= 11 is 0. The van der Waals surface area contributed by atoms with Gasteiger partial charge in [0, 0.05) is 30.2 Å². The SMILES string of the molecule is COC(=O)c1[nH]c(C)c(/C(O)=C2\C(=O)C(=O)N(Cc3cccnc3)[C@@H]2c2cccc(OC)c2)c1C. The van der Waals surface area contributed by atoms with E-state index < -0.39 is 23.7 Å². The Morgan fingerprint density at radius 2 is 1.94 bits per heavy atom. The number of ether oxygens (including phenoxy) is 2. The number of nitrogens with one attached hydrogen (secondary N) is 1. The van der Waals surface area contributed by atoms with Gasteiger partial charge in [-0.2, -0.15) is 0 Å². The van der Waals surface area contributed by atoms with Crippen LogP contribution < -0.4 is 4.74 Å². The van der Waals surface area contributed by atoms with Gasteiger partial charge in [0.25, 0.3) is 11.7 Å². The lowest BCUT2D eigenvalue weighted by atomic mass is 9.94. The summed E-state index contributed by atoms with van der Waals surface area (Å²) in [7, 11) is 2.77. The van der Waals surface area contributed by atoms with Crippen molar-refractivity contribution in [3.05, 3.63) is 88.0 Å². The molecule has 1 aromatic carbocycles. The number of benzene rings is 1. The van der Waals surface area contributed by atoms with Crippen LogP contribution in [0.2, 0.25) is 0 Å². The van der Waals surface area contributed by atoms with E-state index in [1.807, 2.05) is 0 Å². The first kappa shape index (κ1) is 23.7. The lowest BCUT2D eigenvalue weighted by Crippen LogP contribution is -2.29. The van der Waals surface area contributed by atoms with Crippen molar-refractivity contribution in [1.82, 2.24) is 14.9 Å². The topological polar surface area (TPSA) is 122 Å². The molecular weight excluding hydrogens is 450 g/mol. The number of rotatable bonds is 6. The van der Waals surface area contributed by atoms with Crippen molar-refractivity contribution in [3.63, 3.8) is 0 Å². The van der Waals surface area contributed by atoms with Gasteiger partial charge in [0.2, 0.25) is 0 Å². The van der Waals surface area contributed by atoms with E-state index in [2.05, 4.69) is 9.97 Å². The summed E-state index contributed by atoms with van der Waals surface area (Å²) in [6, 6.07) is 9.64. The van der Waals surface area contributed by atoms with E-state index in [4.69, 9.17) is 9.47 Å². The van der Waals surface area contributed by atoms with Crippen molar-refractivity contribution in [2.75, 3.05) is 14.2 Å². The molecule has 1 amide bonds. The summed E-state index contributed by atoms with van der Waals surface area (Å²) in [6.07, 6.45) is 3.23. The molecule has 9 nitrogen and oxygen atoms in total. The normalized spacial score (nSPS) is 17.0. The number of aromatic amines is 1. The molecule has 0 aliphatic carbocycles. The van der Waals surface area contributed by atoms with Crippen LogP contribution >= 0.6 is 0 Å². The van der Waals surface area contributed by atoms with Crippen LogP contribution in [-0.4, -0.2) is 51.9 Å². The molecule has 35 heavy (non-hydrogen) atoms. The van der Waals surface area contributed by atoms with Gasteiger partial charge in [-0.15, -0.1) is 0 Å². The number of methoxy groups -OCH3 is 2. The molecule has 3 aromatic rings. The monoisotopic (exact) mass is 475 g/mol. The van der Waals surface area contributed by atoms with Gasteiger partial charge in [0.05, 0.1) is 25.8 Å². The Morgan fingerprint density at radius 3 is 2.60 bits per heavy atom. The Hall–Kier alpha value is -4.40. The van der Waals surface area contributed by atoms with Gasteiger partial charge in [0.1, 0.15) is 17.2 Å². The number of aliphatic hydroxyl groups is 1. The molecule has 0 radical (unpaired) electrons. The second-order valence-corrected chi connectivity index (χ2v) is 8.18. The third kappa shape index (κ3) is 4.16. The predicted molar refractivity (Wildman–Crippen MR) is 127 cm³/mol. The Labute approximate surface area is 202 Å². The third-order valence-corrected chi connectivity index (χ3v) is 6.09. The molecule has 0 bridgehead atoms. The number of amides is 1. The first-order chi connectivity index (χ1) is 16.8. The van der Waals surface area contributed by atoms with Crippen LogP contribution in [-0.2, 0) is 20.9 Å². The number of ketones is 1. The van der Waals surface area contributed by atoms with Gasteiger partial charge in [-0.25, -0.2) is 4.79 Å². The van der Waals surface area contributed by atoms with Crippen LogP contribution in [0.1, 0.15) is 44.5 Å². The van der Waals surface area contributed by atoms with Gasteiger partial charge in [-0.05, 0) is 48.7 Å². The van der Waals surface area contributed by atoms with Gasteiger partial charge in [-0.3, -0.25) is 14.6 Å². The zero-order chi connectivity index (χ0) is 25.3. The maximum absolute atomic E-state index is 13.3. The van der Waals surface area contributed by atoms with Crippen LogP contribution in [0.25, 0.3) is 5.76 Å². The zero-order valence-corrected chi connectivity index (χ0v) is 19.8. The summed E-state index contributed by atoms with van der Waals surface area (Å²) in [5.41, 5.74) is 2.55. The highest BCUT2D eigenvalue weighted by Gasteiger charge is 2.46. The summed E-state index contributed by atoms with van der Waals surface area (Å²) in [6.45, 7) is 3.41. The van der Waals surface area contributed by atoms with E-state index in [-0.39, 0.29) is 29.1 Å². The highest BCUT2D eigenvalue weighted by molar-refractivity contribution is 6.46. The van der Waals surface area contributed by atoms with Crippen LogP contribution in [0.3, 0.4) is 0 Å².